The van der Waals surface area contributed by atoms with Crippen molar-refractivity contribution in [2.45, 2.75) is 26.7 Å². The van der Waals surface area contributed by atoms with Crippen molar-refractivity contribution in [2.24, 2.45) is 0 Å². The molecule has 3 rings (SSSR count). The fourth-order valence-corrected chi connectivity index (χ4v) is 3.56. The zero-order valence-electron chi connectivity index (χ0n) is 18.8. The molecule has 0 radical (unpaired) electrons. The fourth-order valence-electron chi connectivity index (χ4n) is 3.56. The molecule has 0 aliphatic carbocycles. The van der Waals surface area contributed by atoms with Gasteiger partial charge in [0.05, 0.1) is 13.7 Å². The van der Waals surface area contributed by atoms with Gasteiger partial charge in [-0.1, -0.05) is 6.07 Å². The van der Waals surface area contributed by atoms with Crippen LogP contribution in [0.15, 0.2) is 42.5 Å². The molecule has 0 spiro atoms. The Morgan fingerprint density at radius 1 is 1.09 bits per heavy atom. The predicted molar refractivity (Wildman–Crippen MR) is 125 cm³/mol. The van der Waals surface area contributed by atoms with Crippen molar-refractivity contribution in [3.05, 3.63) is 53.6 Å². The van der Waals surface area contributed by atoms with Gasteiger partial charge in [0.1, 0.15) is 0 Å². The highest BCUT2D eigenvalue weighted by Crippen LogP contribution is 2.28. The van der Waals surface area contributed by atoms with Crippen molar-refractivity contribution >= 4 is 29.3 Å². The average Bonchev–Trinajstić information content (AvgIpc) is 3.33. The molecule has 7 nitrogen and oxygen atoms in total. The first kappa shape index (κ1) is 23.2. The Kier molecular flexibility index (Phi) is 8.14. The summed E-state index contributed by atoms with van der Waals surface area (Å²) in [5, 5.41) is 2.80. The van der Waals surface area contributed by atoms with Crippen LogP contribution in [0, 0.1) is 6.92 Å². The maximum atomic E-state index is 12.2. The molecule has 2 aromatic rings. The van der Waals surface area contributed by atoms with Gasteiger partial charge >= 0.3 is 5.97 Å². The molecule has 0 bridgehead atoms. The lowest BCUT2D eigenvalue weighted by Gasteiger charge is -2.19. The number of esters is 1. The van der Waals surface area contributed by atoms with Crippen LogP contribution in [0.1, 0.15) is 30.9 Å². The number of methoxy groups -OCH3 is 1. The molecule has 1 heterocycles. The van der Waals surface area contributed by atoms with Crippen LogP contribution >= 0.6 is 0 Å². The monoisotopic (exact) mass is 438 g/mol. The molecule has 0 aromatic heterocycles. The average molecular weight is 439 g/mol. The third kappa shape index (κ3) is 6.26. The van der Waals surface area contributed by atoms with Crippen LogP contribution < -0.4 is 19.7 Å². The van der Waals surface area contributed by atoms with Gasteiger partial charge in [-0.25, -0.2) is 4.79 Å². The Bertz CT molecular complexity index is 980. The van der Waals surface area contributed by atoms with E-state index in [2.05, 4.69) is 16.3 Å². The molecule has 1 saturated heterocycles. The Balaban J connectivity index is 1.50. The van der Waals surface area contributed by atoms with Crippen LogP contribution in [0.25, 0.3) is 6.08 Å². The highest BCUT2D eigenvalue weighted by atomic mass is 16.5. The summed E-state index contributed by atoms with van der Waals surface area (Å²) in [6.45, 7) is 6.15. The van der Waals surface area contributed by atoms with Crippen LogP contribution in [0.2, 0.25) is 0 Å². The summed E-state index contributed by atoms with van der Waals surface area (Å²) in [5.41, 5.74) is 3.60. The molecular formula is C25H30N2O5. The van der Waals surface area contributed by atoms with Crippen LogP contribution in [0.3, 0.4) is 0 Å². The van der Waals surface area contributed by atoms with E-state index < -0.39 is 5.97 Å². The number of carbonyl (C=O) groups is 2. The maximum absolute atomic E-state index is 12.2. The first-order valence-corrected chi connectivity index (χ1v) is 10.8. The first-order valence-electron chi connectivity index (χ1n) is 10.8. The van der Waals surface area contributed by atoms with Gasteiger partial charge < -0.3 is 24.4 Å². The zero-order valence-corrected chi connectivity index (χ0v) is 18.8. The van der Waals surface area contributed by atoms with Crippen molar-refractivity contribution in [1.82, 2.24) is 0 Å². The fraction of sp³-hybridized carbons (Fsp3) is 0.360. The van der Waals surface area contributed by atoms with Crippen LogP contribution in [-0.4, -0.2) is 45.3 Å². The Morgan fingerprint density at radius 2 is 1.88 bits per heavy atom. The summed E-state index contributed by atoms with van der Waals surface area (Å²) in [5.74, 6) is 0.226. The third-order valence-corrected chi connectivity index (χ3v) is 5.20. The number of carbonyl (C=O) groups excluding carboxylic acids is 2. The topological polar surface area (TPSA) is 77.1 Å². The molecule has 7 heteroatoms. The molecule has 1 aliphatic heterocycles. The van der Waals surface area contributed by atoms with E-state index in [0.29, 0.717) is 23.8 Å². The molecule has 1 N–H and O–H groups in total. The van der Waals surface area contributed by atoms with E-state index in [1.165, 1.54) is 24.6 Å². The van der Waals surface area contributed by atoms with Gasteiger partial charge in [0.2, 0.25) is 0 Å². The van der Waals surface area contributed by atoms with Crippen molar-refractivity contribution < 1.29 is 23.8 Å². The Hall–Kier alpha value is -3.48. The van der Waals surface area contributed by atoms with Crippen LogP contribution in [0.5, 0.6) is 11.5 Å². The zero-order chi connectivity index (χ0) is 22.9. The van der Waals surface area contributed by atoms with E-state index in [4.69, 9.17) is 14.2 Å². The van der Waals surface area contributed by atoms with Gasteiger partial charge in [-0.3, -0.25) is 4.79 Å². The second-order valence-electron chi connectivity index (χ2n) is 7.53. The summed E-state index contributed by atoms with van der Waals surface area (Å²) < 4.78 is 15.8. The van der Waals surface area contributed by atoms with E-state index in [9.17, 15) is 9.59 Å². The lowest BCUT2D eigenvalue weighted by atomic mass is 10.1. The van der Waals surface area contributed by atoms with Gasteiger partial charge in [-0.05, 0) is 74.2 Å². The summed E-state index contributed by atoms with van der Waals surface area (Å²) in [6, 6.07) is 11.3. The number of ether oxygens (including phenoxy) is 3. The number of hydrogen-bond donors (Lipinski definition) is 1. The molecule has 2 aromatic carbocycles. The predicted octanol–water partition coefficient (Wildman–Crippen LogP) is 4.20. The maximum Gasteiger partial charge on any atom is 0.331 e. The van der Waals surface area contributed by atoms with Gasteiger partial charge in [0.25, 0.3) is 5.91 Å². The standard InChI is InChI=1S/C25H30N2O5/c1-4-31-22-11-7-19(16-23(22)30-3)8-12-25(29)32-17-24(28)26-21-10-9-20(15-18(21)2)27-13-5-6-14-27/h7-12,15-16H,4-6,13-14,17H2,1-3H3,(H,26,28)/b12-8+. The summed E-state index contributed by atoms with van der Waals surface area (Å²) in [6.07, 6.45) is 5.30. The second-order valence-corrected chi connectivity index (χ2v) is 7.53. The van der Waals surface area contributed by atoms with E-state index in [-0.39, 0.29) is 12.5 Å². The number of hydrogen-bond acceptors (Lipinski definition) is 6. The highest BCUT2D eigenvalue weighted by molar-refractivity contribution is 5.95. The van der Waals surface area contributed by atoms with Gasteiger partial charge in [-0.2, -0.15) is 0 Å². The van der Waals surface area contributed by atoms with Crippen LogP contribution in [0.4, 0.5) is 11.4 Å². The lowest BCUT2D eigenvalue weighted by molar-refractivity contribution is -0.142. The van der Waals surface area contributed by atoms with Crippen LogP contribution in [-0.2, 0) is 14.3 Å². The highest BCUT2D eigenvalue weighted by Gasteiger charge is 2.14. The van der Waals surface area contributed by atoms with E-state index in [1.54, 1.807) is 31.4 Å². The number of rotatable bonds is 9. The van der Waals surface area contributed by atoms with Gasteiger partial charge in [0.15, 0.2) is 18.1 Å². The van der Waals surface area contributed by atoms with Gasteiger partial charge in [-0.15, -0.1) is 0 Å². The first-order chi connectivity index (χ1) is 15.5. The Morgan fingerprint density at radius 3 is 2.56 bits per heavy atom. The molecule has 1 amide bonds. The minimum atomic E-state index is -0.603. The van der Waals surface area contributed by atoms with Crippen molar-refractivity contribution in [2.75, 3.05) is 43.6 Å². The minimum Gasteiger partial charge on any atom is -0.493 e. The van der Waals surface area contributed by atoms with E-state index in [1.807, 2.05) is 26.0 Å². The van der Waals surface area contributed by atoms with Crippen molar-refractivity contribution in [1.29, 1.82) is 0 Å². The number of aryl methyl sites for hydroxylation is 1. The van der Waals surface area contributed by atoms with E-state index >= 15 is 0 Å². The second kappa shape index (κ2) is 11.2. The number of amides is 1. The van der Waals surface area contributed by atoms with E-state index in [0.717, 1.165) is 24.2 Å². The summed E-state index contributed by atoms with van der Waals surface area (Å²) in [7, 11) is 1.56. The summed E-state index contributed by atoms with van der Waals surface area (Å²) >= 11 is 0. The summed E-state index contributed by atoms with van der Waals surface area (Å²) in [4.78, 5) is 26.6. The molecule has 0 atom stereocenters. The SMILES string of the molecule is CCOc1ccc(/C=C/C(=O)OCC(=O)Nc2ccc(N3CCCC3)cc2C)cc1OC. The molecule has 1 aliphatic rings. The Labute approximate surface area is 189 Å². The molecule has 32 heavy (non-hydrogen) atoms. The van der Waals surface area contributed by atoms with Crippen molar-refractivity contribution in [3.8, 4) is 11.5 Å². The normalized spacial score (nSPS) is 13.3. The molecule has 0 saturated carbocycles. The smallest absolute Gasteiger partial charge is 0.331 e. The molecule has 170 valence electrons. The number of nitrogens with one attached hydrogen (secondary N) is 1. The van der Waals surface area contributed by atoms with Gasteiger partial charge in [0, 0.05) is 30.5 Å². The quantitative estimate of drug-likeness (QED) is 0.467. The third-order valence-electron chi connectivity index (χ3n) is 5.20. The number of benzene rings is 2. The molecular weight excluding hydrogens is 408 g/mol. The number of anilines is 2. The van der Waals surface area contributed by atoms with Crippen molar-refractivity contribution in [3.63, 3.8) is 0 Å². The molecule has 0 unspecified atom stereocenters. The molecule has 1 fully saturated rings. The lowest BCUT2D eigenvalue weighted by Crippen LogP contribution is -2.21. The number of nitrogens with zero attached hydrogens (tertiary/aromatic N) is 1. The minimum absolute atomic E-state index is 0.358. The largest absolute Gasteiger partial charge is 0.493 e.